The Balaban J connectivity index is 1.07. The van der Waals surface area contributed by atoms with Gasteiger partial charge in [0.15, 0.2) is 5.78 Å². The smallest absolute Gasteiger partial charge is 0.163 e. The predicted octanol–water partition coefficient (Wildman–Crippen LogP) is 8.62. The Hall–Kier alpha value is -2.91. The van der Waals surface area contributed by atoms with Crippen LogP contribution in [-0.4, -0.2) is 82.1 Å². The molecule has 10 rings (SSSR count). The van der Waals surface area contributed by atoms with E-state index >= 15 is 4.79 Å². The Morgan fingerprint density at radius 1 is 0.983 bits per heavy atom. The summed E-state index contributed by atoms with van der Waals surface area (Å²) in [6.45, 7) is 19.8. The number of aryl methyl sites for hydroxylation is 1. The van der Waals surface area contributed by atoms with Gasteiger partial charge in [-0.15, -0.1) is 0 Å². The molecule has 2 N–H and O–H groups in total. The first-order chi connectivity index (χ1) is 28.4. The number of Topliss-reactive ketones (excluding diaryl/α,β-unsaturated/α-hetero) is 2. The number of hydrogen-bond donors (Lipinski definition) is 2. The van der Waals surface area contributed by atoms with E-state index < -0.39 is 23.0 Å². The number of aliphatic hydroxyl groups is 2. The molecule has 1 aromatic rings. The number of ether oxygens (including phenoxy) is 2. The van der Waals surface area contributed by atoms with Crippen LogP contribution < -0.4 is 0 Å². The highest BCUT2D eigenvalue weighted by atomic mass is 16.6. The second-order valence-corrected chi connectivity index (χ2v) is 22.6. The third-order valence-electron chi connectivity index (χ3n) is 18.8. The van der Waals surface area contributed by atoms with Crippen molar-refractivity contribution in [1.29, 1.82) is 0 Å². The summed E-state index contributed by atoms with van der Waals surface area (Å²) in [4.78, 5) is 36.4. The quantitative estimate of drug-likeness (QED) is 0.240. The normalized spacial score (nSPS) is 41.0. The molecule has 12 atom stereocenters. The number of nitrogens with zero attached hydrogens (tertiary/aromatic N) is 2. The SMILES string of the molecule is Cc1cc(CC2=CN(C[C@H]3C4=C([C@H](C)C[C@@H](O)[C@@H]5OC5(C)C)C(=O)[C@@H]5CCC[C@]6(CC[C@H]7C(C)(C)C(=O)CC[C@]7(C)[C@@H]6[C@@H]3O)[C@]45C)C3C=CN=C23)cc(C2CCOCC2)c1. The number of carbonyl (C=O) groups excluding carboxylic acids is 2. The summed E-state index contributed by atoms with van der Waals surface area (Å²) in [6, 6.07) is 7.05. The van der Waals surface area contributed by atoms with Crippen LogP contribution in [-0.2, 0) is 25.5 Å². The highest BCUT2D eigenvalue weighted by molar-refractivity contribution is 6.09. The molecule has 2 saturated heterocycles. The molecule has 1 unspecified atom stereocenters. The molecule has 324 valence electrons. The Bertz CT molecular complexity index is 2110. The van der Waals surface area contributed by atoms with Crippen molar-refractivity contribution in [2.75, 3.05) is 19.8 Å². The monoisotopic (exact) mass is 819 g/mol. The highest BCUT2D eigenvalue weighted by Crippen LogP contribution is 2.79. The summed E-state index contributed by atoms with van der Waals surface area (Å²) < 4.78 is 11.6. The lowest BCUT2D eigenvalue weighted by Gasteiger charge is -2.73. The molecule has 8 heteroatoms. The average molecular weight is 819 g/mol. The number of epoxide rings is 1. The van der Waals surface area contributed by atoms with E-state index in [0.29, 0.717) is 31.1 Å². The molecule has 4 saturated carbocycles. The van der Waals surface area contributed by atoms with Crippen LogP contribution in [0.1, 0.15) is 135 Å². The van der Waals surface area contributed by atoms with Gasteiger partial charge in [0.2, 0.25) is 0 Å². The molecular weight excluding hydrogens is 749 g/mol. The van der Waals surface area contributed by atoms with Crippen LogP contribution in [0.4, 0.5) is 0 Å². The minimum Gasteiger partial charge on any atom is -0.392 e. The van der Waals surface area contributed by atoms with Crippen molar-refractivity contribution in [2.24, 2.45) is 56.2 Å². The first kappa shape index (κ1) is 41.1. The molecule has 1 aromatic carbocycles. The van der Waals surface area contributed by atoms with Crippen LogP contribution in [0, 0.1) is 58.2 Å². The van der Waals surface area contributed by atoms with Gasteiger partial charge in [-0.25, -0.2) is 0 Å². The Morgan fingerprint density at radius 2 is 1.73 bits per heavy atom. The van der Waals surface area contributed by atoms with Crippen molar-refractivity contribution >= 4 is 17.3 Å². The van der Waals surface area contributed by atoms with E-state index in [0.717, 1.165) is 82.3 Å². The summed E-state index contributed by atoms with van der Waals surface area (Å²) in [5, 5.41) is 25.1. The van der Waals surface area contributed by atoms with Gasteiger partial charge < -0.3 is 24.6 Å². The van der Waals surface area contributed by atoms with Gasteiger partial charge in [-0.3, -0.25) is 14.6 Å². The molecule has 6 fully saturated rings. The van der Waals surface area contributed by atoms with Gasteiger partial charge in [0.05, 0.1) is 29.6 Å². The molecule has 0 bridgehead atoms. The first-order valence-electron chi connectivity index (χ1n) is 23.7. The highest BCUT2D eigenvalue weighted by Gasteiger charge is 2.76. The van der Waals surface area contributed by atoms with Crippen LogP contribution in [0.5, 0.6) is 0 Å². The number of ketones is 2. The van der Waals surface area contributed by atoms with Crippen LogP contribution in [0.2, 0.25) is 0 Å². The minimum absolute atomic E-state index is 0.0239. The van der Waals surface area contributed by atoms with Crippen molar-refractivity contribution < 1.29 is 29.3 Å². The van der Waals surface area contributed by atoms with E-state index in [1.165, 1.54) is 27.8 Å². The van der Waals surface area contributed by atoms with Crippen LogP contribution in [0.15, 0.2) is 58.4 Å². The topological polar surface area (TPSA) is 112 Å². The van der Waals surface area contributed by atoms with E-state index in [4.69, 9.17) is 14.5 Å². The third-order valence-corrected chi connectivity index (χ3v) is 18.8. The Kier molecular flexibility index (Phi) is 9.63. The zero-order valence-corrected chi connectivity index (χ0v) is 37.6. The number of rotatable bonds is 9. The zero-order valence-electron chi connectivity index (χ0n) is 37.6. The number of aliphatic imine (C=N–C) groups is 1. The third kappa shape index (κ3) is 5.84. The molecule has 60 heavy (non-hydrogen) atoms. The lowest BCUT2D eigenvalue weighted by Crippen LogP contribution is -2.70. The maximum atomic E-state index is 15.3. The van der Waals surface area contributed by atoms with E-state index in [1.807, 2.05) is 20.0 Å². The number of aliphatic hydroxyl groups excluding tert-OH is 2. The van der Waals surface area contributed by atoms with Gasteiger partial charge in [0.1, 0.15) is 11.9 Å². The van der Waals surface area contributed by atoms with E-state index in [2.05, 4.69) is 76.9 Å². The van der Waals surface area contributed by atoms with Crippen LogP contribution >= 0.6 is 0 Å². The average Bonchev–Trinajstić information content (AvgIpc) is 3.45. The van der Waals surface area contributed by atoms with Crippen LogP contribution in [0.25, 0.3) is 0 Å². The molecule has 5 aliphatic carbocycles. The maximum absolute atomic E-state index is 15.3. The standard InChI is InChI=1S/C52H70N2O6/c1-29-22-31(25-33(23-29)32-14-20-59-21-15-32)26-34-27-54(37-13-19-53-43(34)37)28-35-42-41(30(2)24-38(55)47-49(5,6)60-47)45(58)36-10-9-16-52(51(36,42)8)18-11-39-48(3,4)40(56)12-17-50(39,7)46(52)44(35)57/h13,19,22-23,25,27,30,32,35-39,44,46-47,55,57H,9-12,14-18,20-21,24,26,28H2,1-8H3/t30-,35+,36+,37?,38-,39+,44-,46+,47+,50+,51+,52-/m1/s1. The molecular formula is C52H70N2O6. The minimum atomic E-state index is -0.686. The number of hydrogen-bond acceptors (Lipinski definition) is 8. The number of benzene rings is 1. The summed E-state index contributed by atoms with van der Waals surface area (Å²) >= 11 is 0. The molecule has 0 amide bonds. The lowest BCUT2D eigenvalue weighted by molar-refractivity contribution is -0.243. The predicted molar refractivity (Wildman–Crippen MR) is 233 cm³/mol. The van der Waals surface area contributed by atoms with Crippen LogP contribution in [0.3, 0.4) is 0 Å². The fraction of sp³-hybridized carbons (Fsp3) is 0.712. The van der Waals surface area contributed by atoms with Crippen molar-refractivity contribution in [3.8, 4) is 0 Å². The van der Waals surface area contributed by atoms with Gasteiger partial charge in [0.25, 0.3) is 0 Å². The summed E-state index contributed by atoms with van der Waals surface area (Å²) in [5.41, 5.74) is 6.63. The second-order valence-electron chi connectivity index (χ2n) is 22.6. The largest absolute Gasteiger partial charge is 0.392 e. The summed E-state index contributed by atoms with van der Waals surface area (Å²) in [6.07, 6.45) is 14.3. The van der Waals surface area contributed by atoms with Gasteiger partial charge >= 0.3 is 0 Å². The molecule has 0 aromatic heterocycles. The number of allylic oxidation sites excluding steroid dienone is 1. The van der Waals surface area contributed by atoms with Gasteiger partial charge in [-0.1, -0.05) is 64.8 Å². The molecule has 1 spiro atoms. The molecule has 0 radical (unpaired) electrons. The summed E-state index contributed by atoms with van der Waals surface area (Å²) in [5.74, 6) is 0.664. The summed E-state index contributed by atoms with van der Waals surface area (Å²) in [7, 11) is 0. The van der Waals surface area contributed by atoms with Gasteiger partial charge in [-0.05, 0) is 141 Å². The number of fused-ring (bicyclic) bond motifs is 3. The first-order valence-corrected chi connectivity index (χ1v) is 23.7. The van der Waals surface area contributed by atoms with Crippen molar-refractivity contribution in [3.63, 3.8) is 0 Å². The van der Waals surface area contributed by atoms with Gasteiger partial charge in [0, 0.05) is 67.7 Å². The van der Waals surface area contributed by atoms with Crippen molar-refractivity contribution in [1.82, 2.24) is 4.90 Å². The Morgan fingerprint density at radius 3 is 2.47 bits per heavy atom. The van der Waals surface area contributed by atoms with Crippen molar-refractivity contribution in [3.05, 3.63) is 70.1 Å². The van der Waals surface area contributed by atoms with E-state index in [1.54, 1.807) is 0 Å². The van der Waals surface area contributed by atoms with Crippen molar-refractivity contribution in [2.45, 2.75) is 162 Å². The fourth-order valence-corrected chi connectivity index (χ4v) is 16.1. The molecule has 9 aliphatic rings. The maximum Gasteiger partial charge on any atom is 0.163 e. The second kappa shape index (κ2) is 14.0. The lowest BCUT2D eigenvalue weighted by atomic mass is 9.31. The Labute approximate surface area is 358 Å². The fourth-order valence-electron chi connectivity index (χ4n) is 16.1. The molecule has 4 aliphatic heterocycles. The van der Waals surface area contributed by atoms with E-state index in [-0.39, 0.29) is 63.9 Å². The molecule has 8 nitrogen and oxygen atoms in total. The van der Waals surface area contributed by atoms with Gasteiger partial charge in [-0.2, -0.15) is 0 Å². The molecule has 4 heterocycles. The van der Waals surface area contributed by atoms with E-state index in [9.17, 15) is 15.0 Å². The number of carbonyl (C=O) groups is 2. The zero-order chi connectivity index (χ0) is 42.3.